The lowest BCUT2D eigenvalue weighted by Gasteiger charge is -2.22. The van der Waals surface area contributed by atoms with E-state index in [0.717, 1.165) is 32.4 Å². The fraction of sp³-hybridized carbons (Fsp3) is 0.846. The first kappa shape index (κ1) is 14.4. The van der Waals surface area contributed by atoms with Crippen LogP contribution in [0.25, 0.3) is 0 Å². The highest BCUT2D eigenvalue weighted by Gasteiger charge is 2.30. The topological polar surface area (TPSA) is 69.4 Å². The van der Waals surface area contributed by atoms with E-state index in [1.54, 1.807) is 7.11 Å². The van der Waals surface area contributed by atoms with Crippen LogP contribution in [-0.2, 0) is 21.7 Å². The van der Waals surface area contributed by atoms with Crippen molar-refractivity contribution in [2.45, 2.75) is 51.4 Å². The first-order valence-corrected chi connectivity index (χ1v) is 6.88. The van der Waals surface area contributed by atoms with E-state index in [2.05, 4.69) is 15.5 Å². The van der Waals surface area contributed by atoms with Gasteiger partial charge < -0.3 is 19.3 Å². The van der Waals surface area contributed by atoms with Crippen LogP contribution < -0.4 is 5.32 Å². The third-order valence-corrected chi connectivity index (χ3v) is 3.79. The van der Waals surface area contributed by atoms with Crippen LogP contribution in [-0.4, -0.2) is 36.4 Å². The fourth-order valence-corrected chi connectivity index (χ4v) is 2.07. The van der Waals surface area contributed by atoms with Gasteiger partial charge in [0.1, 0.15) is 12.2 Å². The molecule has 1 fully saturated rings. The van der Waals surface area contributed by atoms with Gasteiger partial charge in [-0.15, -0.1) is 0 Å². The molecule has 1 aliphatic heterocycles. The summed E-state index contributed by atoms with van der Waals surface area (Å²) < 4.78 is 16.5. The van der Waals surface area contributed by atoms with E-state index < -0.39 is 5.60 Å². The summed E-state index contributed by atoms with van der Waals surface area (Å²) in [6, 6.07) is 0. The predicted octanol–water partition coefficient (Wildman–Crippen LogP) is 1.61. The van der Waals surface area contributed by atoms with E-state index in [4.69, 9.17) is 14.0 Å². The Kier molecular flexibility index (Phi) is 4.90. The summed E-state index contributed by atoms with van der Waals surface area (Å²) in [6.45, 7) is 6.39. The van der Waals surface area contributed by atoms with E-state index in [0.29, 0.717) is 18.3 Å². The van der Waals surface area contributed by atoms with Crippen LogP contribution in [0.2, 0.25) is 0 Å². The molecule has 0 aromatic carbocycles. The van der Waals surface area contributed by atoms with Gasteiger partial charge in [0.05, 0.1) is 6.10 Å². The Labute approximate surface area is 113 Å². The molecular weight excluding hydrogens is 246 g/mol. The zero-order valence-corrected chi connectivity index (χ0v) is 11.9. The number of hydrogen-bond donors (Lipinski definition) is 1. The molecule has 0 radical (unpaired) electrons. The molecule has 0 saturated carbocycles. The van der Waals surface area contributed by atoms with Crippen molar-refractivity contribution in [3.8, 4) is 0 Å². The second kappa shape index (κ2) is 6.45. The Morgan fingerprint density at radius 3 is 2.79 bits per heavy atom. The molecule has 108 valence electrons. The van der Waals surface area contributed by atoms with Gasteiger partial charge in [0, 0.05) is 7.11 Å². The highest BCUT2D eigenvalue weighted by Crippen LogP contribution is 2.25. The maximum atomic E-state index is 5.79. The van der Waals surface area contributed by atoms with Crippen molar-refractivity contribution < 1.29 is 14.0 Å². The smallest absolute Gasteiger partial charge is 0.252 e. The normalized spacial score (nSPS) is 20.4. The highest BCUT2D eigenvalue weighted by atomic mass is 16.5. The standard InChI is InChI=1S/C13H23N3O3/c1-4-13(2,17-3)12-15-11(19-16-12)9-18-10-5-7-14-8-6-10/h10,14H,4-9H2,1-3H3. The molecule has 6 heteroatoms. The molecule has 2 heterocycles. The van der Waals surface area contributed by atoms with Gasteiger partial charge in [-0.1, -0.05) is 12.1 Å². The zero-order valence-electron chi connectivity index (χ0n) is 11.9. The molecule has 1 unspecified atom stereocenters. The maximum absolute atomic E-state index is 5.79. The minimum atomic E-state index is -0.490. The Hall–Kier alpha value is -0.980. The van der Waals surface area contributed by atoms with Crippen LogP contribution in [0.3, 0.4) is 0 Å². The number of hydrogen-bond acceptors (Lipinski definition) is 6. The monoisotopic (exact) mass is 269 g/mol. The van der Waals surface area contributed by atoms with Crippen molar-refractivity contribution in [2.75, 3.05) is 20.2 Å². The molecule has 0 bridgehead atoms. The number of aromatic nitrogens is 2. The number of rotatable bonds is 6. The third-order valence-electron chi connectivity index (χ3n) is 3.79. The van der Waals surface area contributed by atoms with Gasteiger partial charge in [-0.25, -0.2) is 0 Å². The molecule has 6 nitrogen and oxygen atoms in total. The summed E-state index contributed by atoms with van der Waals surface area (Å²) in [6.07, 6.45) is 3.14. The van der Waals surface area contributed by atoms with E-state index in [1.807, 2.05) is 13.8 Å². The minimum absolute atomic E-state index is 0.289. The van der Waals surface area contributed by atoms with E-state index in [1.165, 1.54) is 0 Å². The van der Waals surface area contributed by atoms with Crippen LogP contribution in [0.15, 0.2) is 4.52 Å². The van der Waals surface area contributed by atoms with Gasteiger partial charge in [0.2, 0.25) is 5.82 Å². The number of piperidine rings is 1. The Balaban J connectivity index is 1.90. The van der Waals surface area contributed by atoms with Crippen molar-refractivity contribution in [1.82, 2.24) is 15.5 Å². The quantitative estimate of drug-likeness (QED) is 0.846. The molecule has 2 rings (SSSR count). The lowest BCUT2D eigenvalue weighted by atomic mass is 10.0. The molecule has 19 heavy (non-hydrogen) atoms. The predicted molar refractivity (Wildman–Crippen MR) is 69.6 cm³/mol. The summed E-state index contributed by atoms with van der Waals surface area (Å²) in [5, 5.41) is 7.29. The SMILES string of the molecule is CCC(C)(OC)c1noc(COC2CCNCC2)n1. The number of methoxy groups -OCH3 is 1. The molecule has 1 aromatic heterocycles. The van der Waals surface area contributed by atoms with Crippen LogP contribution in [0, 0.1) is 0 Å². The number of nitrogens with one attached hydrogen (secondary N) is 1. The summed E-state index contributed by atoms with van der Waals surface area (Å²) in [5.41, 5.74) is -0.490. The molecule has 1 saturated heterocycles. The van der Waals surface area contributed by atoms with Crippen LogP contribution in [0.5, 0.6) is 0 Å². The van der Waals surface area contributed by atoms with Crippen molar-refractivity contribution in [3.63, 3.8) is 0 Å². The molecular formula is C13H23N3O3. The summed E-state index contributed by atoms with van der Waals surface area (Å²) >= 11 is 0. The van der Waals surface area contributed by atoms with Crippen LogP contribution >= 0.6 is 0 Å². The van der Waals surface area contributed by atoms with Gasteiger partial charge in [-0.3, -0.25) is 0 Å². The van der Waals surface area contributed by atoms with Crippen molar-refractivity contribution >= 4 is 0 Å². The first-order valence-electron chi connectivity index (χ1n) is 6.88. The second-order valence-electron chi connectivity index (χ2n) is 5.06. The van der Waals surface area contributed by atoms with Gasteiger partial charge in [0.25, 0.3) is 5.89 Å². The van der Waals surface area contributed by atoms with Crippen LogP contribution in [0.1, 0.15) is 44.8 Å². The van der Waals surface area contributed by atoms with Gasteiger partial charge in [-0.2, -0.15) is 4.98 Å². The lowest BCUT2D eigenvalue weighted by molar-refractivity contribution is -0.0106. The summed E-state index contributed by atoms with van der Waals surface area (Å²) in [7, 11) is 1.66. The molecule has 0 spiro atoms. The summed E-state index contributed by atoms with van der Waals surface area (Å²) in [5.74, 6) is 1.10. The zero-order chi connectivity index (χ0) is 13.7. The molecule has 0 amide bonds. The van der Waals surface area contributed by atoms with E-state index >= 15 is 0 Å². The Morgan fingerprint density at radius 1 is 1.42 bits per heavy atom. The van der Waals surface area contributed by atoms with E-state index in [9.17, 15) is 0 Å². The highest BCUT2D eigenvalue weighted by molar-refractivity contribution is 4.98. The van der Waals surface area contributed by atoms with Gasteiger partial charge in [-0.05, 0) is 39.3 Å². The van der Waals surface area contributed by atoms with Crippen LogP contribution in [0.4, 0.5) is 0 Å². The number of ether oxygens (including phenoxy) is 2. The molecule has 0 aliphatic carbocycles. The van der Waals surface area contributed by atoms with Crippen molar-refractivity contribution in [2.24, 2.45) is 0 Å². The first-order chi connectivity index (χ1) is 9.18. The maximum Gasteiger partial charge on any atom is 0.252 e. The second-order valence-corrected chi connectivity index (χ2v) is 5.06. The Morgan fingerprint density at radius 2 is 2.16 bits per heavy atom. The van der Waals surface area contributed by atoms with Crippen molar-refractivity contribution in [1.29, 1.82) is 0 Å². The average Bonchev–Trinajstić information content (AvgIpc) is 2.95. The van der Waals surface area contributed by atoms with Crippen molar-refractivity contribution in [3.05, 3.63) is 11.7 Å². The molecule has 1 aliphatic rings. The lowest BCUT2D eigenvalue weighted by Crippen LogP contribution is -2.32. The minimum Gasteiger partial charge on any atom is -0.370 e. The number of nitrogens with zero attached hydrogens (tertiary/aromatic N) is 2. The molecule has 1 aromatic rings. The largest absolute Gasteiger partial charge is 0.370 e. The van der Waals surface area contributed by atoms with Gasteiger partial charge in [0.15, 0.2) is 0 Å². The fourth-order valence-electron chi connectivity index (χ4n) is 2.07. The van der Waals surface area contributed by atoms with Gasteiger partial charge >= 0.3 is 0 Å². The third kappa shape index (κ3) is 3.52. The molecule has 1 N–H and O–H groups in total. The molecule has 1 atom stereocenters. The summed E-state index contributed by atoms with van der Waals surface area (Å²) in [4.78, 5) is 4.37. The Bertz CT molecular complexity index is 384. The van der Waals surface area contributed by atoms with E-state index in [-0.39, 0.29) is 6.10 Å². The average molecular weight is 269 g/mol.